The maximum Gasteiger partial charge on any atom is 0.219 e. The highest BCUT2D eigenvalue weighted by molar-refractivity contribution is 5.76. The number of carbonyl (C=O) groups is 1. The number of rotatable bonds is 1. The van der Waals surface area contributed by atoms with Crippen molar-refractivity contribution in [3.05, 3.63) is 0 Å². The maximum absolute atomic E-state index is 10.4. The lowest BCUT2D eigenvalue weighted by molar-refractivity contribution is -0.122. The van der Waals surface area contributed by atoms with Gasteiger partial charge in [0.1, 0.15) is 0 Å². The van der Waals surface area contributed by atoms with Crippen LogP contribution in [0, 0.1) is 0 Å². The van der Waals surface area contributed by atoms with Crippen molar-refractivity contribution < 1.29 is 9.63 Å². The minimum absolute atomic E-state index is 0.214. The smallest absolute Gasteiger partial charge is 0.219 e. The number of hydrogen-bond donors (Lipinski definition) is 2. The lowest BCUT2D eigenvalue weighted by Crippen LogP contribution is -2.28. The van der Waals surface area contributed by atoms with Gasteiger partial charge in [-0.1, -0.05) is 0 Å². The number of carbonyl (C=O) groups excluding carboxylic acids is 1. The van der Waals surface area contributed by atoms with E-state index < -0.39 is 0 Å². The number of hydrogen-bond acceptors (Lipinski definition) is 3. The van der Waals surface area contributed by atoms with Crippen LogP contribution < -0.4 is 10.8 Å². The summed E-state index contributed by atoms with van der Waals surface area (Å²) in [6, 6.07) is 0. The van der Waals surface area contributed by atoms with Crippen LogP contribution in [0.2, 0.25) is 0 Å². The van der Waals surface area contributed by atoms with Crippen LogP contribution in [0.15, 0.2) is 0 Å². The topological polar surface area (TPSA) is 50.4 Å². The van der Waals surface area contributed by atoms with Gasteiger partial charge in [-0.25, -0.2) is 5.48 Å². The summed E-state index contributed by atoms with van der Waals surface area (Å²) in [4.78, 5) is 14.6. The van der Waals surface area contributed by atoms with Gasteiger partial charge in [-0.15, -0.1) is 0 Å². The van der Waals surface area contributed by atoms with Gasteiger partial charge in [0.2, 0.25) is 5.91 Å². The normalized spacial score (nSPS) is 16.4. The molecule has 1 saturated heterocycles. The largest absolute Gasteiger partial charge is 0.356 e. The van der Waals surface area contributed by atoms with E-state index in [1.165, 1.54) is 0 Å². The summed E-state index contributed by atoms with van der Waals surface area (Å²) in [5, 5.41) is 2.74. The monoisotopic (exact) mass is 160 g/mol. The molecule has 0 aromatic rings. The first-order chi connectivity index (χ1) is 5.31. The molecular formula is C7H16N2O2. The summed E-state index contributed by atoms with van der Waals surface area (Å²) in [6.07, 6.45) is 2.97. The molecular weight excluding hydrogens is 144 g/mol. The zero-order chi connectivity index (χ0) is 8.53. The van der Waals surface area contributed by atoms with Gasteiger partial charge in [-0.05, 0) is 12.8 Å². The fourth-order valence-electron chi connectivity index (χ4n) is 0.727. The van der Waals surface area contributed by atoms with E-state index in [1.54, 1.807) is 14.2 Å². The third-order valence-corrected chi connectivity index (χ3v) is 1.36. The van der Waals surface area contributed by atoms with Gasteiger partial charge in [0, 0.05) is 20.0 Å². The third kappa shape index (κ3) is 7.29. The average molecular weight is 160 g/mol. The number of amides is 1. The van der Waals surface area contributed by atoms with E-state index in [9.17, 15) is 4.79 Å². The Morgan fingerprint density at radius 2 is 2.18 bits per heavy atom. The SMILES string of the molecule is CNOC.O=C1CCCCN1. The average Bonchev–Trinajstić information content (AvgIpc) is 2.07. The van der Waals surface area contributed by atoms with E-state index in [2.05, 4.69) is 15.6 Å². The third-order valence-electron chi connectivity index (χ3n) is 1.36. The second kappa shape index (κ2) is 7.50. The van der Waals surface area contributed by atoms with Crippen LogP contribution in [-0.4, -0.2) is 26.6 Å². The second-order valence-electron chi connectivity index (χ2n) is 2.22. The van der Waals surface area contributed by atoms with Gasteiger partial charge in [0.15, 0.2) is 0 Å². The zero-order valence-corrected chi connectivity index (χ0v) is 7.14. The van der Waals surface area contributed by atoms with E-state index in [0.29, 0.717) is 0 Å². The molecule has 1 fully saturated rings. The van der Waals surface area contributed by atoms with Gasteiger partial charge in [-0.2, -0.15) is 0 Å². The Morgan fingerprint density at radius 1 is 1.55 bits per heavy atom. The number of nitrogens with one attached hydrogen (secondary N) is 2. The summed E-state index contributed by atoms with van der Waals surface area (Å²) in [5.74, 6) is 0.214. The Kier molecular flexibility index (Phi) is 7.08. The van der Waals surface area contributed by atoms with E-state index in [0.717, 1.165) is 25.8 Å². The summed E-state index contributed by atoms with van der Waals surface area (Å²) in [7, 11) is 3.28. The zero-order valence-electron chi connectivity index (χ0n) is 7.14. The lowest BCUT2D eigenvalue weighted by atomic mass is 10.2. The van der Waals surface area contributed by atoms with Crippen molar-refractivity contribution in [1.82, 2.24) is 10.8 Å². The molecule has 2 N–H and O–H groups in total. The molecule has 0 aromatic heterocycles. The molecule has 0 radical (unpaired) electrons. The van der Waals surface area contributed by atoms with Gasteiger partial charge in [0.05, 0.1) is 7.11 Å². The number of hydroxylamine groups is 1. The minimum atomic E-state index is 0.214. The molecule has 66 valence electrons. The fraction of sp³-hybridized carbons (Fsp3) is 0.857. The van der Waals surface area contributed by atoms with Gasteiger partial charge >= 0.3 is 0 Å². The van der Waals surface area contributed by atoms with Crippen LogP contribution in [0.4, 0.5) is 0 Å². The molecule has 1 amide bonds. The van der Waals surface area contributed by atoms with Crippen molar-refractivity contribution >= 4 is 5.91 Å². The van der Waals surface area contributed by atoms with Gasteiger partial charge < -0.3 is 10.2 Å². The number of piperidine rings is 1. The van der Waals surface area contributed by atoms with E-state index in [4.69, 9.17) is 0 Å². The van der Waals surface area contributed by atoms with Crippen molar-refractivity contribution in [3.63, 3.8) is 0 Å². The molecule has 0 unspecified atom stereocenters. The second-order valence-corrected chi connectivity index (χ2v) is 2.22. The van der Waals surface area contributed by atoms with Gasteiger partial charge in [0.25, 0.3) is 0 Å². The first-order valence-electron chi connectivity index (χ1n) is 3.77. The maximum atomic E-state index is 10.4. The molecule has 0 saturated carbocycles. The molecule has 11 heavy (non-hydrogen) atoms. The molecule has 1 aliphatic heterocycles. The molecule has 0 aromatic carbocycles. The van der Waals surface area contributed by atoms with Crippen molar-refractivity contribution in [1.29, 1.82) is 0 Å². The van der Waals surface area contributed by atoms with Crippen LogP contribution in [0.25, 0.3) is 0 Å². The minimum Gasteiger partial charge on any atom is -0.356 e. The predicted molar refractivity (Wildman–Crippen MR) is 42.9 cm³/mol. The highest BCUT2D eigenvalue weighted by atomic mass is 16.6. The molecule has 1 rings (SSSR count). The first-order valence-corrected chi connectivity index (χ1v) is 3.77. The Hall–Kier alpha value is -0.610. The standard InChI is InChI=1S/C5H9NO.C2H7NO/c7-5-3-1-2-4-6-5;1-3-4-2/h1-4H2,(H,6,7);3H,1-2H3. The molecule has 4 nitrogen and oxygen atoms in total. The van der Waals surface area contributed by atoms with Crippen LogP contribution in [-0.2, 0) is 9.63 Å². The van der Waals surface area contributed by atoms with Crippen LogP contribution in [0.1, 0.15) is 19.3 Å². The molecule has 0 bridgehead atoms. The highest BCUT2D eigenvalue weighted by Crippen LogP contribution is 1.98. The van der Waals surface area contributed by atoms with Crippen LogP contribution in [0.5, 0.6) is 0 Å². The van der Waals surface area contributed by atoms with Crippen molar-refractivity contribution in [2.24, 2.45) is 0 Å². The summed E-state index contributed by atoms with van der Waals surface area (Å²) < 4.78 is 0. The summed E-state index contributed by atoms with van der Waals surface area (Å²) in [6.45, 7) is 0.888. The van der Waals surface area contributed by atoms with Crippen molar-refractivity contribution in [2.45, 2.75) is 19.3 Å². The molecule has 4 heteroatoms. The van der Waals surface area contributed by atoms with E-state index >= 15 is 0 Å². The van der Waals surface area contributed by atoms with Crippen molar-refractivity contribution in [3.8, 4) is 0 Å². The van der Waals surface area contributed by atoms with Crippen molar-refractivity contribution in [2.75, 3.05) is 20.7 Å². The Labute approximate surface area is 67.3 Å². The fourth-order valence-corrected chi connectivity index (χ4v) is 0.727. The van der Waals surface area contributed by atoms with E-state index in [1.807, 2.05) is 0 Å². The quantitative estimate of drug-likeness (QED) is 0.533. The molecule has 1 heterocycles. The lowest BCUT2D eigenvalue weighted by Gasteiger charge is -2.08. The van der Waals surface area contributed by atoms with Crippen LogP contribution in [0.3, 0.4) is 0 Å². The van der Waals surface area contributed by atoms with E-state index in [-0.39, 0.29) is 5.91 Å². The predicted octanol–water partition coefficient (Wildman–Crippen LogP) is 0.0537. The Bertz CT molecular complexity index is 96.6. The molecule has 1 aliphatic rings. The summed E-state index contributed by atoms with van der Waals surface area (Å²) in [5.41, 5.74) is 2.43. The summed E-state index contributed by atoms with van der Waals surface area (Å²) >= 11 is 0. The highest BCUT2D eigenvalue weighted by Gasteiger charge is 2.04. The van der Waals surface area contributed by atoms with Crippen LogP contribution >= 0.6 is 0 Å². The Balaban J connectivity index is 0.000000218. The molecule has 0 atom stereocenters. The molecule has 0 spiro atoms. The molecule has 0 aliphatic carbocycles. The Morgan fingerprint density at radius 3 is 2.36 bits per heavy atom. The van der Waals surface area contributed by atoms with Gasteiger partial charge in [-0.3, -0.25) is 4.79 Å². The first kappa shape index (κ1) is 10.4.